The Hall–Kier alpha value is -4.76. The maximum absolute atomic E-state index is 15.1. The van der Waals surface area contributed by atoms with E-state index in [9.17, 15) is 22.4 Å². The van der Waals surface area contributed by atoms with E-state index in [0.717, 1.165) is 7.11 Å². The average Bonchev–Trinajstić information content (AvgIpc) is 3.49. The first-order valence-electron chi connectivity index (χ1n) is 12.7. The quantitative estimate of drug-likeness (QED) is 0.167. The molecule has 0 aliphatic carbocycles. The summed E-state index contributed by atoms with van der Waals surface area (Å²) in [6.45, 7) is 0. The van der Waals surface area contributed by atoms with Crippen LogP contribution in [0.1, 0.15) is 16.1 Å². The van der Waals surface area contributed by atoms with Gasteiger partial charge in [-0.1, -0.05) is 12.1 Å². The van der Waals surface area contributed by atoms with Crippen LogP contribution in [0.15, 0.2) is 88.6 Å². The zero-order chi connectivity index (χ0) is 31.6. The summed E-state index contributed by atoms with van der Waals surface area (Å²) in [5.41, 5.74) is 0.556. The van der Waals surface area contributed by atoms with Crippen LogP contribution >= 0.6 is 15.9 Å². The van der Waals surface area contributed by atoms with Crippen LogP contribution in [-0.2, 0) is 26.0 Å². The van der Waals surface area contributed by atoms with Crippen LogP contribution in [0, 0.1) is 17.6 Å². The highest BCUT2D eigenvalue weighted by molar-refractivity contribution is 9.10. The van der Waals surface area contributed by atoms with Crippen LogP contribution in [0.2, 0.25) is 0 Å². The van der Waals surface area contributed by atoms with Crippen molar-refractivity contribution in [1.29, 1.82) is 0 Å². The molecule has 0 radical (unpaired) electrons. The number of amides is 1. The maximum Gasteiger partial charge on any atom is 0.328 e. The summed E-state index contributed by atoms with van der Waals surface area (Å²) in [4.78, 5) is 32.9. The number of pyridine rings is 2. The van der Waals surface area contributed by atoms with Crippen molar-refractivity contribution >= 4 is 49.2 Å². The number of sulfonamides is 1. The topological polar surface area (TPSA) is 132 Å². The Kier molecular flexibility index (Phi) is 8.69. The summed E-state index contributed by atoms with van der Waals surface area (Å²) < 4.78 is 78.6. The van der Waals surface area contributed by atoms with E-state index < -0.39 is 56.8 Å². The van der Waals surface area contributed by atoms with E-state index in [0.29, 0.717) is 39.1 Å². The lowest BCUT2D eigenvalue weighted by atomic mass is 10.1. The number of rotatable bonds is 9. The van der Waals surface area contributed by atoms with E-state index in [1.54, 1.807) is 28.8 Å². The van der Waals surface area contributed by atoms with Gasteiger partial charge in [-0.2, -0.15) is 4.39 Å². The first-order valence-corrected chi connectivity index (χ1v) is 15.0. The lowest BCUT2D eigenvalue weighted by Crippen LogP contribution is -2.44. The summed E-state index contributed by atoms with van der Waals surface area (Å²) in [5, 5.41) is 2.30. The van der Waals surface area contributed by atoms with E-state index in [-0.39, 0.29) is 11.3 Å². The molecule has 1 atom stereocenters. The third-order valence-corrected chi connectivity index (χ3v) is 8.55. The van der Waals surface area contributed by atoms with E-state index in [2.05, 4.69) is 35.9 Å². The average molecular weight is 688 g/mol. The molecule has 0 unspecified atom stereocenters. The van der Waals surface area contributed by atoms with Gasteiger partial charge in [-0.15, -0.1) is 0 Å². The normalized spacial score (nSPS) is 12.1. The van der Waals surface area contributed by atoms with Crippen molar-refractivity contribution in [3.05, 3.63) is 113 Å². The van der Waals surface area contributed by atoms with Crippen LogP contribution in [0.4, 0.5) is 18.9 Å². The summed E-state index contributed by atoms with van der Waals surface area (Å²) in [6.07, 6.45) is 4.34. The Labute approximate surface area is 257 Å². The first-order chi connectivity index (χ1) is 21.0. The number of aromatic nitrogens is 3. The molecule has 0 aliphatic heterocycles. The number of hydrogen-bond acceptors (Lipinski definition) is 7. The zero-order valence-electron chi connectivity index (χ0n) is 22.6. The predicted molar refractivity (Wildman–Crippen MR) is 157 cm³/mol. The fraction of sp³-hybridized carbons (Fsp3) is 0.103. The molecular formula is C29H21BrF3N5O5S. The van der Waals surface area contributed by atoms with Crippen LogP contribution in [-0.4, -0.2) is 47.8 Å². The molecular weight excluding hydrogens is 667 g/mol. The number of methoxy groups -OCH3 is 1. The van der Waals surface area contributed by atoms with Crippen molar-refractivity contribution in [2.24, 2.45) is 0 Å². The number of halogens is 4. The molecule has 0 spiro atoms. The number of fused-ring (bicyclic) bond motifs is 1. The van der Waals surface area contributed by atoms with Gasteiger partial charge in [0.05, 0.1) is 22.2 Å². The second-order valence-electron chi connectivity index (χ2n) is 9.36. The van der Waals surface area contributed by atoms with Crippen molar-refractivity contribution in [3.8, 4) is 11.1 Å². The van der Waals surface area contributed by atoms with E-state index in [1.807, 2.05) is 0 Å². The Balaban J connectivity index is 1.34. The Morgan fingerprint density at radius 1 is 0.955 bits per heavy atom. The molecule has 0 aliphatic rings. The van der Waals surface area contributed by atoms with Crippen molar-refractivity contribution in [3.63, 3.8) is 0 Å². The highest BCUT2D eigenvalue weighted by Crippen LogP contribution is 2.25. The molecule has 0 fully saturated rings. The van der Waals surface area contributed by atoms with Gasteiger partial charge in [0.25, 0.3) is 15.9 Å². The number of nitrogens with zero attached hydrogens (tertiary/aromatic N) is 3. The predicted octanol–water partition coefficient (Wildman–Crippen LogP) is 4.89. The molecule has 3 heterocycles. The Morgan fingerprint density at radius 2 is 1.66 bits per heavy atom. The third-order valence-electron chi connectivity index (χ3n) is 6.54. The number of carbonyl (C=O) groups is 2. The van der Waals surface area contributed by atoms with E-state index in [1.165, 1.54) is 42.7 Å². The van der Waals surface area contributed by atoms with Crippen LogP contribution < -0.4 is 10.0 Å². The van der Waals surface area contributed by atoms with Crippen LogP contribution in [0.5, 0.6) is 0 Å². The van der Waals surface area contributed by atoms with E-state index >= 15 is 8.78 Å². The number of carbonyl (C=O) groups excluding carboxylic acids is 2. The van der Waals surface area contributed by atoms with E-state index in [4.69, 9.17) is 4.74 Å². The smallest absolute Gasteiger partial charge is 0.328 e. The number of imidazole rings is 1. The van der Waals surface area contributed by atoms with Crippen molar-refractivity contribution in [2.45, 2.75) is 17.4 Å². The number of esters is 1. The van der Waals surface area contributed by atoms with Crippen LogP contribution in [0.3, 0.4) is 0 Å². The number of hydrogen-bond donors (Lipinski definition) is 2. The molecule has 44 heavy (non-hydrogen) atoms. The summed E-state index contributed by atoms with van der Waals surface area (Å²) >= 11 is 3.37. The minimum absolute atomic E-state index is 0.103. The summed E-state index contributed by atoms with van der Waals surface area (Å²) in [6, 6.07) is 11.4. The molecule has 226 valence electrons. The van der Waals surface area contributed by atoms with Gasteiger partial charge in [0.15, 0.2) is 5.65 Å². The zero-order valence-corrected chi connectivity index (χ0v) is 25.0. The van der Waals surface area contributed by atoms with Gasteiger partial charge in [0.2, 0.25) is 5.95 Å². The SMILES string of the molecule is COC(=O)[C@H](Cc1ccc(Br)c2nccn12)NC(=O)c1c(F)cc(NS(=O)(=O)c2ccc(-c3ccnc(F)c3)cc2)cc1F. The molecule has 2 N–H and O–H groups in total. The molecule has 0 saturated carbocycles. The third kappa shape index (κ3) is 6.43. The first kappa shape index (κ1) is 30.7. The standard InChI is InChI=1S/C29H21BrF3N5O5S/c1-43-29(40)24(15-19-4-7-21(30)27-35-10-11-38(19)27)36-28(39)26-22(31)13-18(14-23(26)32)37-44(41,42)20-5-2-16(3-6-20)17-8-9-34-25(33)12-17/h2-14,24,37H,15H2,1H3,(H,36,39)/t24-/m0/s1. The Morgan fingerprint density at radius 3 is 2.32 bits per heavy atom. The number of ether oxygens (including phenoxy) is 1. The molecule has 3 aromatic heterocycles. The van der Waals surface area contributed by atoms with Gasteiger partial charge < -0.3 is 14.5 Å². The highest BCUT2D eigenvalue weighted by atomic mass is 79.9. The minimum Gasteiger partial charge on any atom is -0.467 e. The van der Waals surface area contributed by atoms with Crippen molar-refractivity contribution in [2.75, 3.05) is 11.8 Å². The molecule has 0 bridgehead atoms. The van der Waals surface area contributed by atoms with Gasteiger partial charge in [-0.05, 0) is 69.5 Å². The lowest BCUT2D eigenvalue weighted by molar-refractivity contribution is -0.142. The fourth-order valence-corrected chi connectivity index (χ4v) is 5.92. The molecule has 1 amide bonds. The molecule has 10 nitrogen and oxygen atoms in total. The van der Waals surface area contributed by atoms with Gasteiger partial charge >= 0.3 is 5.97 Å². The summed E-state index contributed by atoms with van der Waals surface area (Å²) in [5.74, 6) is -5.57. The van der Waals surface area contributed by atoms with Crippen LogP contribution in [0.25, 0.3) is 16.8 Å². The molecule has 5 aromatic rings. The fourth-order valence-electron chi connectivity index (χ4n) is 4.45. The molecule has 0 saturated heterocycles. The second-order valence-corrected chi connectivity index (χ2v) is 11.9. The molecule has 15 heteroatoms. The number of anilines is 1. The van der Waals surface area contributed by atoms with Crippen molar-refractivity contribution < 1.29 is 35.9 Å². The molecule has 2 aromatic carbocycles. The monoisotopic (exact) mass is 687 g/mol. The second kappa shape index (κ2) is 12.5. The van der Waals surface area contributed by atoms with Gasteiger partial charge in [0.1, 0.15) is 23.2 Å². The van der Waals surface area contributed by atoms with Crippen molar-refractivity contribution in [1.82, 2.24) is 19.7 Å². The maximum atomic E-state index is 15.1. The molecule has 5 rings (SSSR count). The van der Waals surface area contributed by atoms with Gasteiger partial charge in [-0.3, -0.25) is 9.52 Å². The van der Waals surface area contributed by atoms with Gasteiger partial charge in [-0.25, -0.2) is 32.0 Å². The number of nitrogens with one attached hydrogen (secondary N) is 2. The highest BCUT2D eigenvalue weighted by Gasteiger charge is 2.28. The largest absolute Gasteiger partial charge is 0.467 e. The number of benzene rings is 2. The summed E-state index contributed by atoms with van der Waals surface area (Å²) in [7, 11) is -3.21. The Bertz CT molecular complexity index is 1980. The lowest BCUT2D eigenvalue weighted by Gasteiger charge is -2.18. The minimum atomic E-state index is -4.31. The van der Waals surface area contributed by atoms with Gasteiger partial charge in [0, 0.05) is 36.8 Å².